The van der Waals surface area contributed by atoms with Crippen LogP contribution in [0.25, 0.3) is 0 Å². The van der Waals surface area contributed by atoms with Crippen LogP contribution in [0.2, 0.25) is 0 Å². The third-order valence-corrected chi connectivity index (χ3v) is 6.08. The Morgan fingerprint density at radius 2 is 1.81 bits per heavy atom. The molecular formula is C13H23N3O4S. The molecule has 0 radical (unpaired) electrons. The van der Waals surface area contributed by atoms with Gasteiger partial charge >= 0.3 is 0 Å². The molecule has 1 unspecified atom stereocenters. The Morgan fingerprint density at radius 3 is 2.29 bits per heavy atom. The minimum absolute atomic E-state index is 0.0478. The van der Waals surface area contributed by atoms with E-state index in [0.29, 0.717) is 39.1 Å². The van der Waals surface area contributed by atoms with Gasteiger partial charge in [0, 0.05) is 46.2 Å². The highest BCUT2D eigenvalue weighted by Crippen LogP contribution is 2.17. The SMILES string of the molecule is CC(=O)N1CCN(CC(=O)N(C)C2CCS(=O)(=O)C2)CC1. The highest BCUT2D eigenvalue weighted by molar-refractivity contribution is 7.91. The first kappa shape index (κ1) is 16.2. The summed E-state index contributed by atoms with van der Waals surface area (Å²) in [5, 5.41) is 0. The zero-order chi connectivity index (χ0) is 15.6. The van der Waals surface area contributed by atoms with E-state index in [1.54, 1.807) is 23.8 Å². The second-order valence-corrected chi connectivity index (χ2v) is 8.07. The molecule has 0 aromatic carbocycles. The van der Waals surface area contributed by atoms with Crippen LogP contribution in [0.15, 0.2) is 0 Å². The number of amides is 2. The number of piperazine rings is 1. The minimum atomic E-state index is -2.98. The maximum absolute atomic E-state index is 12.2. The molecule has 2 fully saturated rings. The molecule has 0 aromatic heterocycles. The molecule has 2 aliphatic heterocycles. The van der Waals surface area contributed by atoms with Crippen molar-refractivity contribution in [1.29, 1.82) is 0 Å². The summed E-state index contributed by atoms with van der Waals surface area (Å²) in [4.78, 5) is 28.8. The van der Waals surface area contributed by atoms with Gasteiger partial charge in [0.2, 0.25) is 11.8 Å². The first-order valence-electron chi connectivity index (χ1n) is 7.22. The van der Waals surface area contributed by atoms with Crippen LogP contribution < -0.4 is 0 Å². The molecule has 0 aromatic rings. The third kappa shape index (κ3) is 4.16. The topological polar surface area (TPSA) is 78.0 Å². The van der Waals surface area contributed by atoms with Gasteiger partial charge < -0.3 is 9.80 Å². The van der Waals surface area contributed by atoms with E-state index in [2.05, 4.69) is 0 Å². The molecule has 0 N–H and O–H groups in total. The monoisotopic (exact) mass is 317 g/mol. The number of carbonyl (C=O) groups is 2. The summed E-state index contributed by atoms with van der Waals surface area (Å²) in [6, 6.07) is -0.194. The van der Waals surface area contributed by atoms with Gasteiger partial charge in [-0.25, -0.2) is 8.42 Å². The fourth-order valence-electron chi connectivity index (χ4n) is 2.81. The third-order valence-electron chi connectivity index (χ3n) is 4.33. The first-order chi connectivity index (χ1) is 9.78. The van der Waals surface area contributed by atoms with Crippen molar-refractivity contribution < 1.29 is 18.0 Å². The molecule has 120 valence electrons. The summed E-state index contributed by atoms with van der Waals surface area (Å²) >= 11 is 0. The Balaban J connectivity index is 1.81. The fourth-order valence-corrected chi connectivity index (χ4v) is 4.58. The van der Waals surface area contributed by atoms with E-state index in [1.807, 2.05) is 4.90 Å². The maximum Gasteiger partial charge on any atom is 0.236 e. The second kappa shape index (κ2) is 6.31. The molecule has 2 aliphatic rings. The van der Waals surface area contributed by atoms with E-state index in [9.17, 15) is 18.0 Å². The molecule has 2 saturated heterocycles. The Labute approximate surface area is 125 Å². The van der Waals surface area contributed by atoms with Gasteiger partial charge in [0.25, 0.3) is 0 Å². The smallest absolute Gasteiger partial charge is 0.236 e. The Hall–Kier alpha value is -1.15. The predicted molar refractivity (Wildman–Crippen MR) is 78.5 cm³/mol. The van der Waals surface area contributed by atoms with E-state index < -0.39 is 9.84 Å². The fraction of sp³-hybridized carbons (Fsp3) is 0.846. The van der Waals surface area contributed by atoms with Crippen LogP contribution in [0.1, 0.15) is 13.3 Å². The Morgan fingerprint density at radius 1 is 1.19 bits per heavy atom. The van der Waals surface area contributed by atoms with E-state index in [4.69, 9.17) is 0 Å². The van der Waals surface area contributed by atoms with Crippen LogP contribution >= 0.6 is 0 Å². The molecule has 1 atom stereocenters. The van der Waals surface area contributed by atoms with Gasteiger partial charge in [-0.2, -0.15) is 0 Å². The first-order valence-corrected chi connectivity index (χ1v) is 9.04. The number of carbonyl (C=O) groups excluding carboxylic acids is 2. The summed E-state index contributed by atoms with van der Waals surface area (Å²) < 4.78 is 22.9. The standard InChI is InChI=1S/C13H23N3O4S/c1-11(17)16-6-4-15(5-7-16)9-13(18)14(2)12-3-8-21(19,20)10-12/h12H,3-10H2,1-2H3. The van der Waals surface area contributed by atoms with Gasteiger partial charge in [0.05, 0.1) is 18.1 Å². The van der Waals surface area contributed by atoms with Gasteiger partial charge in [-0.1, -0.05) is 0 Å². The van der Waals surface area contributed by atoms with E-state index in [1.165, 1.54) is 0 Å². The van der Waals surface area contributed by atoms with Crippen LogP contribution in [0, 0.1) is 0 Å². The molecule has 0 bridgehead atoms. The number of nitrogens with zero attached hydrogens (tertiary/aromatic N) is 3. The van der Waals surface area contributed by atoms with Gasteiger partial charge in [-0.05, 0) is 6.42 Å². The van der Waals surface area contributed by atoms with Gasteiger partial charge in [0.15, 0.2) is 9.84 Å². The van der Waals surface area contributed by atoms with Crippen molar-refractivity contribution in [2.75, 3.05) is 51.3 Å². The van der Waals surface area contributed by atoms with Crippen LogP contribution in [0.4, 0.5) is 0 Å². The second-order valence-electron chi connectivity index (χ2n) is 5.84. The maximum atomic E-state index is 12.2. The number of rotatable bonds is 3. The highest BCUT2D eigenvalue weighted by Gasteiger charge is 2.33. The Kier molecular flexibility index (Phi) is 4.88. The minimum Gasteiger partial charge on any atom is -0.341 e. The molecule has 0 spiro atoms. The van der Waals surface area contributed by atoms with Crippen molar-refractivity contribution in [2.24, 2.45) is 0 Å². The number of likely N-dealkylation sites (N-methyl/N-ethyl adjacent to an activating group) is 1. The highest BCUT2D eigenvalue weighted by atomic mass is 32.2. The van der Waals surface area contributed by atoms with Crippen LogP contribution in [0.5, 0.6) is 0 Å². The van der Waals surface area contributed by atoms with E-state index in [0.717, 1.165) is 0 Å². The average molecular weight is 317 g/mol. The summed E-state index contributed by atoms with van der Waals surface area (Å²) in [5.41, 5.74) is 0. The van der Waals surface area contributed by atoms with Crippen molar-refractivity contribution >= 4 is 21.7 Å². The zero-order valence-corrected chi connectivity index (χ0v) is 13.4. The largest absolute Gasteiger partial charge is 0.341 e. The lowest BCUT2D eigenvalue weighted by molar-refractivity contribution is -0.134. The molecule has 8 heteroatoms. The van der Waals surface area contributed by atoms with Gasteiger partial charge in [-0.15, -0.1) is 0 Å². The predicted octanol–water partition coefficient (Wildman–Crippen LogP) is -1.20. The molecular weight excluding hydrogens is 294 g/mol. The van der Waals surface area contributed by atoms with Crippen LogP contribution in [-0.4, -0.2) is 92.3 Å². The molecule has 2 rings (SSSR count). The van der Waals surface area contributed by atoms with Crippen molar-refractivity contribution in [3.63, 3.8) is 0 Å². The average Bonchev–Trinajstić information content (AvgIpc) is 2.78. The lowest BCUT2D eigenvalue weighted by atomic mass is 10.2. The van der Waals surface area contributed by atoms with Crippen molar-refractivity contribution in [3.05, 3.63) is 0 Å². The number of hydrogen-bond donors (Lipinski definition) is 0. The number of hydrogen-bond acceptors (Lipinski definition) is 5. The Bertz CT molecular complexity index is 512. The molecule has 21 heavy (non-hydrogen) atoms. The molecule has 7 nitrogen and oxygen atoms in total. The quantitative estimate of drug-likeness (QED) is 0.653. The zero-order valence-electron chi connectivity index (χ0n) is 12.6. The van der Waals surface area contributed by atoms with Crippen molar-refractivity contribution in [3.8, 4) is 0 Å². The molecule has 2 amide bonds. The van der Waals surface area contributed by atoms with E-state index in [-0.39, 0.29) is 29.4 Å². The summed E-state index contributed by atoms with van der Waals surface area (Å²) in [5.74, 6) is 0.266. The summed E-state index contributed by atoms with van der Waals surface area (Å²) in [6.07, 6.45) is 0.530. The van der Waals surface area contributed by atoms with Gasteiger partial charge in [0.1, 0.15) is 0 Å². The van der Waals surface area contributed by atoms with Crippen LogP contribution in [0.3, 0.4) is 0 Å². The molecule has 0 saturated carbocycles. The summed E-state index contributed by atoms with van der Waals surface area (Å²) in [6.45, 7) is 4.49. The van der Waals surface area contributed by atoms with Gasteiger partial charge in [-0.3, -0.25) is 14.5 Å². The lowest BCUT2D eigenvalue weighted by Crippen LogP contribution is -2.51. The number of sulfone groups is 1. The lowest BCUT2D eigenvalue weighted by Gasteiger charge is -2.35. The van der Waals surface area contributed by atoms with Crippen LogP contribution in [-0.2, 0) is 19.4 Å². The molecule has 0 aliphatic carbocycles. The van der Waals surface area contributed by atoms with Crippen molar-refractivity contribution in [1.82, 2.24) is 14.7 Å². The van der Waals surface area contributed by atoms with E-state index >= 15 is 0 Å². The normalized spacial score (nSPS) is 25.8. The van der Waals surface area contributed by atoms with Crippen molar-refractivity contribution in [2.45, 2.75) is 19.4 Å². The summed E-state index contributed by atoms with van der Waals surface area (Å²) in [7, 11) is -1.30. The molecule has 2 heterocycles.